The third-order valence-corrected chi connectivity index (χ3v) is 10.3. The van der Waals surface area contributed by atoms with Crippen molar-refractivity contribution < 1.29 is 14.3 Å². The lowest BCUT2D eigenvalue weighted by Crippen LogP contribution is -2.54. The van der Waals surface area contributed by atoms with Gasteiger partial charge in [-0.3, -0.25) is 9.59 Å². The Bertz CT molecular complexity index is 1260. The molecule has 0 spiro atoms. The van der Waals surface area contributed by atoms with Gasteiger partial charge in [-0.05, 0) is 53.9 Å². The normalized spacial score (nSPS) is 25.3. The van der Waals surface area contributed by atoms with Gasteiger partial charge in [0.05, 0.1) is 33.2 Å². The third kappa shape index (κ3) is 4.65. The van der Waals surface area contributed by atoms with Crippen LogP contribution in [0.4, 0.5) is 0 Å². The zero-order valence-electron chi connectivity index (χ0n) is 23.4. The van der Waals surface area contributed by atoms with E-state index >= 15 is 0 Å². The number of halogens is 3. The van der Waals surface area contributed by atoms with E-state index in [2.05, 4.69) is 45.0 Å². The molecule has 0 N–H and O–H groups in total. The molecule has 4 rings (SSSR count). The first-order chi connectivity index (χ1) is 17.8. The van der Waals surface area contributed by atoms with Gasteiger partial charge in [-0.1, -0.05) is 100 Å². The van der Waals surface area contributed by atoms with Crippen molar-refractivity contribution in [3.63, 3.8) is 0 Å². The number of nitrogens with zero attached hydrogens (tertiary/aromatic N) is 1. The lowest BCUT2D eigenvalue weighted by molar-refractivity contribution is -0.161. The van der Waals surface area contributed by atoms with Gasteiger partial charge in [-0.25, -0.2) is 0 Å². The fourth-order valence-corrected chi connectivity index (χ4v) is 8.16. The molecule has 206 valence electrons. The summed E-state index contributed by atoms with van der Waals surface area (Å²) >= 11 is 21.0. The minimum Gasteiger partial charge on any atom is -0.469 e. The van der Waals surface area contributed by atoms with Crippen LogP contribution >= 0.6 is 34.8 Å². The number of fused-ring (bicyclic) bond motifs is 3. The summed E-state index contributed by atoms with van der Waals surface area (Å²) < 4.78 is 5.33. The molecule has 3 atom stereocenters. The first kappa shape index (κ1) is 29.2. The van der Waals surface area contributed by atoms with E-state index in [-0.39, 0.29) is 23.7 Å². The molecule has 0 radical (unpaired) electrons. The first-order valence-electron chi connectivity index (χ1n) is 13.4. The molecule has 1 saturated carbocycles. The SMILES string of the molecule is COC(=O)[C@]1(C)CCC[C@]2(C)c3c(Cl)c(Cl)c(C(C)C)c(Cl)c3C(=O)N(Cc3ccc(C(C)C)cc3)C[C@@H]12. The molecule has 2 aromatic rings. The minimum atomic E-state index is -0.803. The quantitative estimate of drug-likeness (QED) is 0.263. The minimum absolute atomic E-state index is 0.0267. The number of hydrogen-bond donors (Lipinski definition) is 0. The van der Waals surface area contributed by atoms with Crippen molar-refractivity contribution in [2.45, 2.75) is 84.6 Å². The fourth-order valence-electron chi connectivity index (χ4n) is 6.80. The molecule has 7 heteroatoms. The molecule has 1 fully saturated rings. The molecule has 0 saturated heterocycles. The maximum atomic E-state index is 14.4. The van der Waals surface area contributed by atoms with Gasteiger partial charge in [0.1, 0.15) is 0 Å². The second kappa shape index (κ2) is 10.7. The second-order valence-corrected chi connectivity index (χ2v) is 13.2. The van der Waals surface area contributed by atoms with Crippen molar-refractivity contribution >= 4 is 46.7 Å². The fraction of sp³-hybridized carbons (Fsp3) is 0.548. The highest BCUT2D eigenvalue weighted by Crippen LogP contribution is 2.59. The lowest BCUT2D eigenvalue weighted by atomic mass is 9.53. The van der Waals surface area contributed by atoms with E-state index in [4.69, 9.17) is 39.5 Å². The average Bonchev–Trinajstić information content (AvgIpc) is 2.96. The summed E-state index contributed by atoms with van der Waals surface area (Å²) in [5.74, 6) is -0.300. The summed E-state index contributed by atoms with van der Waals surface area (Å²) in [6.45, 7) is 13.1. The van der Waals surface area contributed by atoms with Crippen LogP contribution in [0.1, 0.15) is 105 Å². The topological polar surface area (TPSA) is 46.6 Å². The predicted molar refractivity (Wildman–Crippen MR) is 156 cm³/mol. The van der Waals surface area contributed by atoms with Gasteiger partial charge in [0.2, 0.25) is 0 Å². The van der Waals surface area contributed by atoms with E-state index in [1.165, 1.54) is 12.7 Å². The highest BCUT2D eigenvalue weighted by molar-refractivity contribution is 6.46. The number of carbonyl (C=O) groups is 2. The molecule has 1 amide bonds. The summed E-state index contributed by atoms with van der Waals surface area (Å²) in [7, 11) is 1.43. The van der Waals surface area contributed by atoms with Crippen LogP contribution in [0.25, 0.3) is 0 Å². The highest BCUT2D eigenvalue weighted by atomic mass is 35.5. The lowest BCUT2D eigenvalue weighted by Gasteiger charge is -2.51. The smallest absolute Gasteiger partial charge is 0.311 e. The Hall–Kier alpha value is -1.75. The monoisotopic (exact) mass is 577 g/mol. The van der Waals surface area contributed by atoms with Crippen molar-refractivity contribution in [1.29, 1.82) is 0 Å². The number of ether oxygens (including phenoxy) is 1. The van der Waals surface area contributed by atoms with Gasteiger partial charge < -0.3 is 9.64 Å². The molecular formula is C31H38Cl3NO3. The number of rotatable bonds is 5. The van der Waals surface area contributed by atoms with Crippen LogP contribution in [0.5, 0.6) is 0 Å². The average molecular weight is 579 g/mol. The molecule has 38 heavy (non-hydrogen) atoms. The van der Waals surface area contributed by atoms with E-state index in [0.29, 0.717) is 57.2 Å². The number of hydrogen-bond acceptors (Lipinski definition) is 3. The molecule has 1 aliphatic heterocycles. The maximum Gasteiger partial charge on any atom is 0.311 e. The number of methoxy groups -OCH3 is 1. The van der Waals surface area contributed by atoms with Crippen LogP contribution < -0.4 is 0 Å². The Labute approximate surface area is 242 Å². The summed E-state index contributed by atoms with van der Waals surface area (Å²) in [5, 5.41) is 1.12. The largest absolute Gasteiger partial charge is 0.469 e. The van der Waals surface area contributed by atoms with Crippen LogP contribution in [0.15, 0.2) is 24.3 Å². The summed E-state index contributed by atoms with van der Waals surface area (Å²) in [4.78, 5) is 29.6. The number of amides is 1. The second-order valence-electron chi connectivity index (χ2n) is 12.1. The Kier molecular flexibility index (Phi) is 8.21. The van der Waals surface area contributed by atoms with Crippen LogP contribution in [0, 0.1) is 11.3 Å². The Morgan fingerprint density at radius 1 is 1.00 bits per heavy atom. The van der Waals surface area contributed by atoms with E-state index in [0.717, 1.165) is 18.4 Å². The summed E-state index contributed by atoms with van der Waals surface area (Å²) in [5.41, 5.74) is 2.61. The molecule has 0 bridgehead atoms. The van der Waals surface area contributed by atoms with Gasteiger partial charge in [0.25, 0.3) is 5.91 Å². The number of carbonyl (C=O) groups excluding carboxylic acids is 2. The number of benzene rings is 2. The van der Waals surface area contributed by atoms with Gasteiger partial charge in [-0.15, -0.1) is 0 Å². The highest BCUT2D eigenvalue weighted by Gasteiger charge is 2.58. The van der Waals surface area contributed by atoms with Crippen molar-refractivity contribution in [1.82, 2.24) is 4.90 Å². The molecular weight excluding hydrogens is 541 g/mol. The molecule has 2 aliphatic rings. The molecule has 0 unspecified atom stereocenters. The van der Waals surface area contributed by atoms with Crippen LogP contribution in [-0.4, -0.2) is 30.4 Å². The van der Waals surface area contributed by atoms with Gasteiger partial charge in [0, 0.05) is 24.4 Å². The van der Waals surface area contributed by atoms with Crippen molar-refractivity contribution in [3.8, 4) is 0 Å². The van der Waals surface area contributed by atoms with Crippen LogP contribution in [-0.2, 0) is 21.5 Å². The standard InChI is InChI=1S/C31H38Cl3NO3/c1-17(2)20-11-9-19(10-12-20)15-35-16-21-30(5,13-8-14-31(21,6)29(37)38-7)24-23(28(35)36)25(32)22(18(3)4)26(33)27(24)34/h9-12,17-18,21H,8,13-16H2,1-7H3/t21-,30+,31-/m1/s1. The predicted octanol–water partition coefficient (Wildman–Crippen LogP) is 8.79. The van der Waals surface area contributed by atoms with Crippen molar-refractivity contribution in [2.75, 3.05) is 13.7 Å². The Balaban J connectivity index is 1.96. The van der Waals surface area contributed by atoms with Gasteiger partial charge >= 0.3 is 5.97 Å². The van der Waals surface area contributed by atoms with Gasteiger partial charge in [0.15, 0.2) is 0 Å². The molecule has 4 nitrogen and oxygen atoms in total. The third-order valence-electron chi connectivity index (χ3n) is 9.01. The molecule has 0 aromatic heterocycles. The van der Waals surface area contributed by atoms with Gasteiger partial charge in [-0.2, -0.15) is 0 Å². The number of esters is 1. The first-order valence-corrected chi connectivity index (χ1v) is 14.6. The molecule has 1 aliphatic carbocycles. The molecule has 2 aromatic carbocycles. The van der Waals surface area contributed by atoms with E-state index in [1.807, 2.05) is 25.7 Å². The van der Waals surface area contributed by atoms with Crippen LogP contribution in [0.2, 0.25) is 15.1 Å². The van der Waals surface area contributed by atoms with Crippen molar-refractivity contribution in [3.05, 3.63) is 67.2 Å². The van der Waals surface area contributed by atoms with E-state index in [1.54, 1.807) is 0 Å². The maximum absolute atomic E-state index is 14.4. The summed E-state index contributed by atoms with van der Waals surface area (Å²) in [6, 6.07) is 8.37. The van der Waals surface area contributed by atoms with Crippen LogP contribution in [0.3, 0.4) is 0 Å². The zero-order valence-corrected chi connectivity index (χ0v) is 25.7. The Morgan fingerprint density at radius 3 is 2.18 bits per heavy atom. The zero-order chi connectivity index (χ0) is 28.2. The van der Waals surface area contributed by atoms with E-state index < -0.39 is 10.8 Å². The van der Waals surface area contributed by atoms with E-state index in [9.17, 15) is 9.59 Å². The molecule has 1 heterocycles. The van der Waals surface area contributed by atoms with Crippen molar-refractivity contribution in [2.24, 2.45) is 11.3 Å². The Morgan fingerprint density at radius 2 is 1.63 bits per heavy atom. The summed E-state index contributed by atoms with van der Waals surface area (Å²) in [6.07, 6.45) is 2.22.